The van der Waals surface area contributed by atoms with Crippen molar-refractivity contribution >= 4 is 23.5 Å². The van der Waals surface area contributed by atoms with Crippen LogP contribution in [0, 0.1) is 6.92 Å². The van der Waals surface area contributed by atoms with E-state index in [4.69, 9.17) is 0 Å². The first-order valence-corrected chi connectivity index (χ1v) is 5.34. The van der Waals surface area contributed by atoms with Gasteiger partial charge in [0, 0.05) is 29.0 Å². The third-order valence-corrected chi connectivity index (χ3v) is 2.66. The predicted molar refractivity (Wildman–Crippen MR) is 63.7 cm³/mol. The molecule has 1 aromatic carbocycles. The van der Waals surface area contributed by atoms with E-state index < -0.39 is 0 Å². The maximum atomic E-state index is 4.14. The number of nitrogens with one attached hydrogen (secondary N) is 2. The molecule has 0 amide bonds. The fraction of sp³-hybridized carbons (Fsp3) is 0.273. The first-order valence-electron chi connectivity index (χ1n) is 4.70. The SMILES string of the molecule is Cc1[nH]c2ccccc2c1CNCS. The first kappa shape index (κ1) is 9.62. The highest BCUT2D eigenvalue weighted by Crippen LogP contribution is 2.21. The Morgan fingerprint density at radius 3 is 2.93 bits per heavy atom. The van der Waals surface area contributed by atoms with Crippen LogP contribution >= 0.6 is 12.6 Å². The highest BCUT2D eigenvalue weighted by molar-refractivity contribution is 7.80. The summed E-state index contributed by atoms with van der Waals surface area (Å²) in [4.78, 5) is 3.37. The molecule has 2 N–H and O–H groups in total. The van der Waals surface area contributed by atoms with E-state index in [2.05, 4.69) is 48.1 Å². The molecule has 0 aliphatic rings. The van der Waals surface area contributed by atoms with Gasteiger partial charge in [-0.1, -0.05) is 18.2 Å². The fourth-order valence-electron chi connectivity index (χ4n) is 1.74. The van der Waals surface area contributed by atoms with Crippen molar-refractivity contribution in [3.63, 3.8) is 0 Å². The standard InChI is InChI=1S/C11H14N2S/c1-8-10(6-12-7-14)9-4-2-3-5-11(9)13-8/h2-5,12-14H,6-7H2,1H3. The van der Waals surface area contributed by atoms with Crippen LogP contribution in [0.25, 0.3) is 10.9 Å². The molecule has 1 heterocycles. The van der Waals surface area contributed by atoms with Gasteiger partial charge in [0.1, 0.15) is 0 Å². The number of hydrogen-bond acceptors (Lipinski definition) is 2. The number of thiol groups is 1. The topological polar surface area (TPSA) is 27.8 Å². The molecule has 0 unspecified atom stereocenters. The fourth-order valence-corrected chi connectivity index (χ4v) is 1.86. The highest BCUT2D eigenvalue weighted by Gasteiger charge is 2.05. The summed E-state index contributed by atoms with van der Waals surface area (Å²) in [5.74, 6) is 0.707. The maximum Gasteiger partial charge on any atom is 0.0459 e. The Morgan fingerprint density at radius 1 is 1.36 bits per heavy atom. The minimum Gasteiger partial charge on any atom is -0.358 e. The van der Waals surface area contributed by atoms with Crippen molar-refractivity contribution in [2.24, 2.45) is 0 Å². The second kappa shape index (κ2) is 4.07. The summed E-state index contributed by atoms with van der Waals surface area (Å²) in [5.41, 5.74) is 3.79. The molecule has 0 aliphatic carbocycles. The normalized spacial score (nSPS) is 11.0. The number of fused-ring (bicyclic) bond motifs is 1. The van der Waals surface area contributed by atoms with Crippen LogP contribution in [0.3, 0.4) is 0 Å². The molecule has 0 aliphatic heterocycles. The molecule has 0 bridgehead atoms. The molecule has 0 saturated carbocycles. The van der Waals surface area contributed by atoms with E-state index in [1.165, 1.54) is 22.2 Å². The van der Waals surface area contributed by atoms with E-state index in [9.17, 15) is 0 Å². The summed E-state index contributed by atoms with van der Waals surface area (Å²) in [6.07, 6.45) is 0. The van der Waals surface area contributed by atoms with Crippen molar-refractivity contribution in [1.29, 1.82) is 0 Å². The third-order valence-electron chi connectivity index (χ3n) is 2.44. The summed E-state index contributed by atoms with van der Waals surface area (Å²) >= 11 is 4.14. The van der Waals surface area contributed by atoms with Gasteiger partial charge in [-0.15, -0.1) is 0 Å². The second-order valence-electron chi connectivity index (χ2n) is 3.36. The van der Waals surface area contributed by atoms with Crippen molar-refractivity contribution in [2.45, 2.75) is 13.5 Å². The number of hydrogen-bond donors (Lipinski definition) is 3. The molecule has 0 saturated heterocycles. The van der Waals surface area contributed by atoms with E-state index in [1.807, 2.05) is 6.07 Å². The average Bonchev–Trinajstić information content (AvgIpc) is 2.51. The summed E-state index contributed by atoms with van der Waals surface area (Å²) < 4.78 is 0. The molecular weight excluding hydrogens is 192 g/mol. The molecular formula is C11H14N2S. The van der Waals surface area contributed by atoms with Gasteiger partial charge in [-0.2, -0.15) is 12.6 Å². The van der Waals surface area contributed by atoms with Crippen LogP contribution in [0.4, 0.5) is 0 Å². The van der Waals surface area contributed by atoms with Crippen LogP contribution in [0.1, 0.15) is 11.3 Å². The van der Waals surface area contributed by atoms with E-state index in [0.29, 0.717) is 5.88 Å². The summed E-state index contributed by atoms with van der Waals surface area (Å²) in [7, 11) is 0. The summed E-state index contributed by atoms with van der Waals surface area (Å²) in [6.45, 7) is 2.98. The van der Waals surface area contributed by atoms with Crippen molar-refractivity contribution in [1.82, 2.24) is 10.3 Å². The lowest BCUT2D eigenvalue weighted by Crippen LogP contribution is -2.10. The molecule has 0 atom stereocenters. The zero-order chi connectivity index (χ0) is 9.97. The van der Waals surface area contributed by atoms with Crippen LogP contribution in [0.2, 0.25) is 0 Å². The van der Waals surface area contributed by atoms with Gasteiger partial charge in [-0.25, -0.2) is 0 Å². The predicted octanol–water partition coefficient (Wildman–Crippen LogP) is 2.45. The lowest BCUT2D eigenvalue weighted by atomic mass is 10.1. The number of para-hydroxylation sites is 1. The Bertz CT molecular complexity index is 434. The van der Waals surface area contributed by atoms with Crippen LogP contribution < -0.4 is 5.32 Å². The number of benzene rings is 1. The van der Waals surface area contributed by atoms with Crippen molar-refractivity contribution in [2.75, 3.05) is 5.88 Å². The Balaban J connectivity index is 2.45. The molecule has 3 heteroatoms. The number of rotatable bonds is 3. The van der Waals surface area contributed by atoms with Crippen LogP contribution in [-0.2, 0) is 6.54 Å². The van der Waals surface area contributed by atoms with Crippen LogP contribution in [-0.4, -0.2) is 10.9 Å². The largest absolute Gasteiger partial charge is 0.358 e. The van der Waals surface area contributed by atoms with Crippen molar-refractivity contribution < 1.29 is 0 Å². The van der Waals surface area contributed by atoms with Crippen molar-refractivity contribution in [3.8, 4) is 0 Å². The maximum absolute atomic E-state index is 4.14. The van der Waals surface area contributed by atoms with Crippen LogP contribution in [0.5, 0.6) is 0 Å². The number of aromatic nitrogens is 1. The van der Waals surface area contributed by atoms with Crippen molar-refractivity contribution in [3.05, 3.63) is 35.5 Å². The summed E-state index contributed by atoms with van der Waals surface area (Å²) in [6, 6.07) is 8.37. The zero-order valence-electron chi connectivity index (χ0n) is 8.17. The monoisotopic (exact) mass is 206 g/mol. The molecule has 2 rings (SSSR count). The molecule has 0 spiro atoms. The molecule has 2 aromatic rings. The quantitative estimate of drug-likeness (QED) is 0.522. The van der Waals surface area contributed by atoms with Gasteiger partial charge < -0.3 is 10.3 Å². The highest BCUT2D eigenvalue weighted by atomic mass is 32.1. The first-order chi connectivity index (χ1) is 6.83. The number of aryl methyl sites for hydroxylation is 1. The molecule has 2 nitrogen and oxygen atoms in total. The van der Waals surface area contributed by atoms with Gasteiger partial charge in [0.15, 0.2) is 0 Å². The van der Waals surface area contributed by atoms with Gasteiger partial charge in [0.25, 0.3) is 0 Å². The van der Waals surface area contributed by atoms with E-state index in [1.54, 1.807) is 0 Å². The van der Waals surface area contributed by atoms with Gasteiger partial charge in [0.2, 0.25) is 0 Å². The molecule has 0 fully saturated rings. The Kier molecular flexibility index (Phi) is 2.79. The Hall–Kier alpha value is -0.930. The van der Waals surface area contributed by atoms with Crippen LogP contribution in [0.15, 0.2) is 24.3 Å². The zero-order valence-corrected chi connectivity index (χ0v) is 9.07. The minimum absolute atomic E-state index is 0.707. The van der Waals surface area contributed by atoms with Gasteiger partial charge >= 0.3 is 0 Å². The number of aromatic amines is 1. The average molecular weight is 206 g/mol. The molecule has 14 heavy (non-hydrogen) atoms. The van der Waals surface area contributed by atoms with E-state index >= 15 is 0 Å². The van der Waals surface area contributed by atoms with E-state index in [0.717, 1.165) is 6.54 Å². The lowest BCUT2D eigenvalue weighted by Gasteiger charge is -2.01. The van der Waals surface area contributed by atoms with Gasteiger partial charge in [-0.3, -0.25) is 0 Å². The number of H-pyrrole nitrogens is 1. The molecule has 74 valence electrons. The summed E-state index contributed by atoms with van der Waals surface area (Å²) in [5, 5.41) is 4.53. The van der Waals surface area contributed by atoms with Gasteiger partial charge in [0.05, 0.1) is 0 Å². The molecule has 0 radical (unpaired) electrons. The second-order valence-corrected chi connectivity index (χ2v) is 3.68. The Labute approximate surface area is 89.1 Å². The third kappa shape index (κ3) is 1.65. The smallest absolute Gasteiger partial charge is 0.0459 e. The molecule has 1 aromatic heterocycles. The minimum atomic E-state index is 0.707. The Morgan fingerprint density at radius 2 is 2.14 bits per heavy atom. The lowest BCUT2D eigenvalue weighted by molar-refractivity contribution is 0.798. The van der Waals surface area contributed by atoms with Gasteiger partial charge in [-0.05, 0) is 18.6 Å². The van der Waals surface area contributed by atoms with E-state index in [-0.39, 0.29) is 0 Å².